The van der Waals surface area contributed by atoms with E-state index in [-0.39, 0.29) is 22.8 Å². The fraction of sp³-hybridized carbons (Fsp3) is 0.375. The first-order valence-corrected chi connectivity index (χ1v) is 12.5. The van der Waals surface area contributed by atoms with Gasteiger partial charge in [-0.05, 0) is 50.5 Å². The van der Waals surface area contributed by atoms with Gasteiger partial charge in [-0.3, -0.25) is 0 Å². The number of halogens is 1. The molecule has 0 aliphatic carbocycles. The van der Waals surface area contributed by atoms with Crippen LogP contribution in [0.2, 0.25) is 5.02 Å². The van der Waals surface area contributed by atoms with Crippen molar-refractivity contribution in [3.8, 4) is 0 Å². The van der Waals surface area contributed by atoms with Gasteiger partial charge < -0.3 is 25.5 Å². The van der Waals surface area contributed by atoms with Gasteiger partial charge in [0, 0.05) is 16.8 Å². The van der Waals surface area contributed by atoms with Gasteiger partial charge in [0.2, 0.25) is 0 Å². The zero-order chi connectivity index (χ0) is 23.6. The van der Waals surface area contributed by atoms with Crippen molar-refractivity contribution in [2.45, 2.75) is 55.3 Å². The van der Waals surface area contributed by atoms with Crippen LogP contribution in [0.5, 0.6) is 0 Å². The first-order valence-electron chi connectivity index (χ1n) is 11.2. The molecule has 2 saturated heterocycles. The van der Waals surface area contributed by atoms with Crippen molar-refractivity contribution in [1.29, 1.82) is 0 Å². The third-order valence-corrected chi connectivity index (χ3v) is 8.45. The molecule has 34 heavy (non-hydrogen) atoms. The number of rotatable bonds is 4. The van der Waals surface area contributed by atoms with Crippen LogP contribution in [-0.2, 0) is 15.9 Å². The summed E-state index contributed by atoms with van der Waals surface area (Å²) < 4.78 is 14.9. The molecule has 1 aromatic carbocycles. The SMILES string of the molecule is CC1(C)O[C@@H]2[C@H](O1)[C@@H](CCc1ccc3cc(Cl)c(N)nc3c1)S[C@H]2n1ccc2c(N)ncnc21. The molecular weight excluding hydrogens is 472 g/mol. The molecule has 5 heterocycles. The largest absolute Gasteiger partial charge is 0.383 e. The molecule has 176 valence electrons. The molecule has 0 amide bonds. The van der Waals surface area contributed by atoms with Crippen molar-refractivity contribution in [3.63, 3.8) is 0 Å². The summed E-state index contributed by atoms with van der Waals surface area (Å²) in [7, 11) is 0. The van der Waals surface area contributed by atoms with E-state index in [1.54, 1.807) is 0 Å². The van der Waals surface area contributed by atoms with Crippen molar-refractivity contribution in [2.24, 2.45) is 0 Å². The standard InChI is InChI=1S/C24H25ClN6O2S/c1-24(2)32-18-17(6-4-12-3-5-13-10-15(25)21(27)30-16(13)9-12)34-23(19(18)33-24)31-8-7-14-20(26)28-11-29-22(14)31/h3,5,7-11,17-19,23H,4,6H2,1-2H3,(H2,27,30)(H2,26,28,29)/t17-,18-,19-,23-/m1/s1. The second-order valence-corrected chi connectivity index (χ2v) is 11.0. The van der Waals surface area contributed by atoms with Gasteiger partial charge in [0.1, 0.15) is 41.2 Å². The Bertz CT molecular complexity index is 1410. The quantitative estimate of drug-likeness (QED) is 0.422. The molecule has 0 spiro atoms. The second kappa shape index (κ2) is 7.98. The highest BCUT2D eigenvalue weighted by molar-refractivity contribution is 8.00. The third kappa shape index (κ3) is 3.67. The summed E-state index contributed by atoms with van der Waals surface area (Å²) in [4.78, 5) is 13.1. The lowest BCUT2D eigenvalue weighted by Gasteiger charge is -2.24. The summed E-state index contributed by atoms with van der Waals surface area (Å²) in [5.74, 6) is 0.203. The summed E-state index contributed by atoms with van der Waals surface area (Å²) >= 11 is 7.99. The molecule has 10 heteroatoms. The van der Waals surface area contributed by atoms with E-state index in [1.807, 2.05) is 50.0 Å². The Morgan fingerprint density at radius 1 is 1.09 bits per heavy atom. The van der Waals surface area contributed by atoms with Crippen LogP contribution < -0.4 is 11.5 Å². The molecular formula is C24H25ClN6O2S. The van der Waals surface area contributed by atoms with Crippen molar-refractivity contribution in [1.82, 2.24) is 19.5 Å². The zero-order valence-corrected chi connectivity index (χ0v) is 20.4. The zero-order valence-electron chi connectivity index (χ0n) is 18.8. The molecule has 6 rings (SSSR count). The monoisotopic (exact) mass is 496 g/mol. The molecule has 2 aliphatic heterocycles. The molecule has 0 radical (unpaired) electrons. The highest BCUT2D eigenvalue weighted by atomic mass is 35.5. The first kappa shape index (κ1) is 21.9. The van der Waals surface area contributed by atoms with Crippen LogP contribution in [0.25, 0.3) is 21.9 Å². The van der Waals surface area contributed by atoms with Crippen LogP contribution in [-0.4, -0.2) is 42.8 Å². The fourth-order valence-corrected chi connectivity index (χ4v) is 6.78. The molecule has 0 unspecified atom stereocenters. The van der Waals surface area contributed by atoms with E-state index in [2.05, 4.69) is 31.7 Å². The van der Waals surface area contributed by atoms with E-state index in [9.17, 15) is 0 Å². The Kier molecular flexibility index (Phi) is 5.14. The number of nitrogens with two attached hydrogens (primary N) is 2. The van der Waals surface area contributed by atoms with E-state index >= 15 is 0 Å². The minimum absolute atomic E-state index is 0.0188. The predicted molar refractivity (Wildman–Crippen MR) is 136 cm³/mol. The maximum absolute atomic E-state index is 6.38. The normalized spacial score (nSPS) is 25.9. The van der Waals surface area contributed by atoms with Gasteiger partial charge in [-0.2, -0.15) is 0 Å². The van der Waals surface area contributed by atoms with Gasteiger partial charge in [-0.1, -0.05) is 23.7 Å². The van der Waals surface area contributed by atoms with Gasteiger partial charge in [-0.25, -0.2) is 15.0 Å². The number of nitrogen functional groups attached to an aromatic ring is 2. The van der Waals surface area contributed by atoms with Crippen LogP contribution in [0.3, 0.4) is 0 Å². The molecule has 3 aromatic heterocycles. The van der Waals surface area contributed by atoms with Crippen LogP contribution in [0.15, 0.2) is 42.9 Å². The molecule has 2 aliphatic rings. The molecule has 4 atom stereocenters. The maximum atomic E-state index is 6.38. The number of ether oxygens (including phenoxy) is 2. The van der Waals surface area contributed by atoms with Gasteiger partial charge in [0.05, 0.1) is 15.9 Å². The van der Waals surface area contributed by atoms with Crippen LogP contribution in [0.1, 0.15) is 31.2 Å². The average Bonchev–Trinajstić information content (AvgIpc) is 3.45. The lowest BCUT2D eigenvalue weighted by molar-refractivity contribution is -0.148. The number of aryl methyl sites for hydroxylation is 1. The summed E-state index contributed by atoms with van der Waals surface area (Å²) in [5.41, 5.74) is 14.8. The number of anilines is 2. The fourth-order valence-electron chi connectivity index (χ4n) is 4.98. The van der Waals surface area contributed by atoms with Gasteiger partial charge in [-0.15, -0.1) is 11.8 Å². The van der Waals surface area contributed by atoms with E-state index in [0.717, 1.165) is 34.8 Å². The van der Waals surface area contributed by atoms with Crippen LogP contribution in [0, 0.1) is 0 Å². The number of pyridine rings is 1. The number of hydrogen-bond acceptors (Lipinski definition) is 8. The molecule has 4 N–H and O–H groups in total. The Hall–Kier alpha value is -2.59. The smallest absolute Gasteiger partial charge is 0.163 e. The topological polar surface area (TPSA) is 114 Å². The van der Waals surface area contributed by atoms with Crippen molar-refractivity contribution in [2.75, 3.05) is 11.5 Å². The summed E-state index contributed by atoms with van der Waals surface area (Å²) in [6, 6.07) is 10.1. The Balaban J connectivity index is 1.27. The number of fused-ring (bicyclic) bond motifs is 3. The minimum atomic E-state index is -0.632. The maximum Gasteiger partial charge on any atom is 0.163 e. The van der Waals surface area contributed by atoms with Crippen molar-refractivity contribution >= 4 is 56.9 Å². The van der Waals surface area contributed by atoms with Gasteiger partial charge >= 0.3 is 0 Å². The second-order valence-electron chi connectivity index (χ2n) is 9.27. The van der Waals surface area contributed by atoms with Crippen LogP contribution >= 0.6 is 23.4 Å². The van der Waals surface area contributed by atoms with Gasteiger partial charge in [0.25, 0.3) is 0 Å². The number of aromatic nitrogens is 4. The van der Waals surface area contributed by atoms with Crippen LogP contribution in [0.4, 0.5) is 11.6 Å². The number of benzene rings is 1. The summed E-state index contributed by atoms with van der Waals surface area (Å²) in [6.45, 7) is 3.95. The Morgan fingerprint density at radius 2 is 1.91 bits per heavy atom. The van der Waals surface area contributed by atoms with E-state index < -0.39 is 5.79 Å². The molecule has 8 nitrogen and oxygen atoms in total. The van der Waals surface area contributed by atoms with E-state index in [4.69, 9.17) is 32.5 Å². The number of thioether (sulfide) groups is 1. The lowest BCUT2D eigenvalue weighted by atomic mass is 10.0. The predicted octanol–water partition coefficient (Wildman–Crippen LogP) is 4.56. The highest BCUT2D eigenvalue weighted by Gasteiger charge is 2.55. The van der Waals surface area contributed by atoms with Crippen molar-refractivity contribution in [3.05, 3.63) is 53.4 Å². The Labute approximate surface area is 206 Å². The van der Waals surface area contributed by atoms with E-state index in [0.29, 0.717) is 16.7 Å². The molecule has 0 bridgehead atoms. The first-order chi connectivity index (χ1) is 16.3. The van der Waals surface area contributed by atoms with Gasteiger partial charge in [0.15, 0.2) is 5.79 Å². The summed E-state index contributed by atoms with van der Waals surface area (Å²) in [6.07, 6.45) is 5.25. The lowest BCUT2D eigenvalue weighted by Crippen LogP contribution is -2.29. The summed E-state index contributed by atoms with van der Waals surface area (Å²) in [5, 5.41) is 2.60. The molecule has 4 aromatic rings. The minimum Gasteiger partial charge on any atom is -0.383 e. The van der Waals surface area contributed by atoms with Crippen molar-refractivity contribution < 1.29 is 9.47 Å². The van der Waals surface area contributed by atoms with E-state index in [1.165, 1.54) is 11.9 Å². The number of hydrogen-bond donors (Lipinski definition) is 2. The molecule has 0 saturated carbocycles. The Morgan fingerprint density at radius 3 is 2.76 bits per heavy atom. The highest BCUT2D eigenvalue weighted by Crippen LogP contribution is 2.52. The molecule has 2 fully saturated rings. The third-order valence-electron chi connectivity index (χ3n) is 6.52. The number of nitrogens with zero attached hydrogens (tertiary/aromatic N) is 4. The average molecular weight is 497 g/mol.